The second kappa shape index (κ2) is 5.76. The molecule has 0 radical (unpaired) electrons. The average molecular weight is 286 g/mol. The first kappa shape index (κ1) is 14.1. The Hall–Kier alpha value is -2.32. The van der Waals surface area contributed by atoms with Gasteiger partial charge < -0.3 is 9.73 Å². The Morgan fingerprint density at radius 2 is 2.15 bits per heavy atom. The summed E-state index contributed by atoms with van der Waals surface area (Å²) in [6, 6.07) is 5.74. The van der Waals surface area contributed by atoms with Gasteiger partial charge in [-0.05, 0) is 44.5 Å². The summed E-state index contributed by atoms with van der Waals surface area (Å²) < 4.78 is 5.34. The van der Waals surface area contributed by atoms with Crippen LogP contribution in [0.15, 0.2) is 22.6 Å². The van der Waals surface area contributed by atoms with Crippen molar-refractivity contribution in [3.05, 3.63) is 45.7 Å². The fourth-order valence-corrected chi connectivity index (χ4v) is 2.72. The number of rotatable bonds is 3. The van der Waals surface area contributed by atoms with Crippen molar-refractivity contribution in [3.63, 3.8) is 0 Å². The highest BCUT2D eigenvalue weighted by molar-refractivity contribution is 7.16. The Morgan fingerprint density at radius 1 is 1.40 bits per heavy atom. The molecule has 0 aliphatic carbocycles. The number of hydrogen-bond acceptors (Lipinski definition) is 4. The van der Waals surface area contributed by atoms with E-state index in [9.17, 15) is 4.79 Å². The molecule has 20 heavy (non-hydrogen) atoms. The van der Waals surface area contributed by atoms with Crippen molar-refractivity contribution >= 4 is 28.3 Å². The molecule has 5 heteroatoms. The molecule has 0 spiro atoms. The minimum absolute atomic E-state index is 0.281. The molecule has 2 aromatic heterocycles. The molecule has 0 atom stereocenters. The van der Waals surface area contributed by atoms with Gasteiger partial charge >= 0.3 is 0 Å². The number of anilines is 1. The molecule has 4 nitrogen and oxygen atoms in total. The summed E-state index contributed by atoms with van der Waals surface area (Å²) >= 11 is 1.41. The third-order valence-corrected chi connectivity index (χ3v) is 4.02. The number of aryl methyl sites for hydroxylation is 2. The molecule has 2 aromatic rings. The van der Waals surface area contributed by atoms with E-state index in [1.165, 1.54) is 17.4 Å². The molecule has 1 N–H and O–H groups in total. The number of nitrogens with one attached hydrogen (secondary N) is 1. The van der Waals surface area contributed by atoms with E-state index in [4.69, 9.17) is 9.68 Å². The summed E-state index contributed by atoms with van der Waals surface area (Å²) in [7, 11) is 0. The highest BCUT2D eigenvalue weighted by Crippen LogP contribution is 2.31. The minimum atomic E-state index is -0.281. The van der Waals surface area contributed by atoms with E-state index in [0.29, 0.717) is 16.3 Å². The fraction of sp³-hybridized carbons (Fsp3) is 0.200. The van der Waals surface area contributed by atoms with Crippen molar-refractivity contribution in [2.75, 3.05) is 5.32 Å². The smallest absolute Gasteiger partial charge is 0.249 e. The highest BCUT2D eigenvalue weighted by atomic mass is 32.1. The van der Waals surface area contributed by atoms with E-state index in [1.54, 1.807) is 12.1 Å². The molecule has 0 saturated heterocycles. The van der Waals surface area contributed by atoms with Gasteiger partial charge in [0.15, 0.2) is 0 Å². The van der Waals surface area contributed by atoms with Crippen LogP contribution in [0.25, 0.3) is 6.08 Å². The van der Waals surface area contributed by atoms with Gasteiger partial charge in [0, 0.05) is 11.0 Å². The van der Waals surface area contributed by atoms with Gasteiger partial charge in [-0.2, -0.15) is 5.26 Å². The van der Waals surface area contributed by atoms with E-state index >= 15 is 0 Å². The lowest BCUT2D eigenvalue weighted by molar-refractivity contribution is -0.111. The van der Waals surface area contributed by atoms with Gasteiger partial charge in [0.1, 0.15) is 22.6 Å². The SMILES string of the molecule is Cc1ccc(C=CC(=O)Nc2sc(C)c(C)c2C#N)o1. The third kappa shape index (κ3) is 2.98. The van der Waals surface area contributed by atoms with Crippen molar-refractivity contribution in [1.29, 1.82) is 5.26 Å². The number of nitriles is 1. The molecule has 0 aliphatic rings. The summed E-state index contributed by atoms with van der Waals surface area (Å²) in [6.45, 7) is 5.65. The number of thiophene rings is 1. The van der Waals surface area contributed by atoms with Gasteiger partial charge in [0.2, 0.25) is 5.91 Å². The number of hydrogen-bond donors (Lipinski definition) is 1. The average Bonchev–Trinajstić information content (AvgIpc) is 2.92. The molecular formula is C15H14N2O2S. The topological polar surface area (TPSA) is 66.0 Å². The van der Waals surface area contributed by atoms with Gasteiger partial charge in [-0.15, -0.1) is 11.3 Å². The summed E-state index contributed by atoms with van der Waals surface area (Å²) in [5.74, 6) is 1.13. The Bertz CT molecular complexity index is 717. The lowest BCUT2D eigenvalue weighted by Crippen LogP contribution is -2.07. The van der Waals surface area contributed by atoms with Crippen molar-refractivity contribution < 1.29 is 9.21 Å². The number of carbonyl (C=O) groups is 1. The minimum Gasteiger partial charge on any atom is -0.462 e. The van der Waals surface area contributed by atoms with Crippen molar-refractivity contribution in [2.24, 2.45) is 0 Å². The Labute approximate surface area is 121 Å². The van der Waals surface area contributed by atoms with E-state index in [0.717, 1.165) is 16.2 Å². The Kier molecular flexibility index (Phi) is 4.06. The molecule has 0 aromatic carbocycles. The van der Waals surface area contributed by atoms with Crippen molar-refractivity contribution in [3.8, 4) is 6.07 Å². The molecule has 2 heterocycles. The molecule has 0 bridgehead atoms. The van der Waals surface area contributed by atoms with Crippen LogP contribution in [-0.2, 0) is 4.79 Å². The van der Waals surface area contributed by atoms with Crippen LogP contribution < -0.4 is 5.32 Å². The van der Waals surface area contributed by atoms with Crippen molar-refractivity contribution in [1.82, 2.24) is 0 Å². The third-order valence-electron chi connectivity index (χ3n) is 2.89. The number of nitrogens with zero attached hydrogens (tertiary/aromatic N) is 1. The van der Waals surface area contributed by atoms with Crippen LogP contribution in [0.3, 0.4) is 0 Å². The van der Waals surface area contributed by atoms with E-state index in [-0.39, 0.29) is 5.91 Å². The molecule has 0 aliphatic heterocycles. The number of carbonyl (C=O) groups excluding carboxylic acids is 1. The molecule has 1 amide bonds. The summed E-state index contributed by atoms with van der Waals surface area (Å²) in [6.07, 6.45) is 2.99. The molecule has 2 rings (SSSR count). The van der Waals surface area contributed by atoms with Gasteiger partial charge in [0.25, 0.3) is 0 Å². The first-order valence-corrected chi connectivity index (χ1v) is 6.88. The summed E-state index contributed by atoms with van der Waals surface area (Å²) in [5, 5.41) is 12.4. The van der Waals surface area contributed by atoms with Crippen molar-refractivity contribution in [2.45, 2.75) is 20.8 Å². The van der Waals surface area contributed by atoms with Crippen LogP contribution in [0.2, 0.25) is 0 Å². The van der Waals surface area contributed by atoms with E-state index < -0.39 is 0 Å². The normalized spacial score (nSPS) is 10.7. The maximum absolute atomic E-state index is 11.8. The van der Waals surface area contributed by atoms with Crippen LogP contribution >= 0.6 is 11.3 Å². The van der Waals surface area contributed by atoms with Gasteiger partial charge in [-0.25, -0.2) is 0 Å². The van der Waals surface area contributed by atoms with Crippen LogP contribution in [0, 0.1) is 32.1 Å². The largest absolute Gasteiger partial charge is 0.462 e. The lowest BCUT2D eigenvalue weighted by atomic mass is 10.2. The van der Waals surface area contributed by atoms with Crippen LogP contribution in [0.4, 0.5) is 5.00 Å². The predicted molar refractivity (Wildman–Crippen MR) is 79.6 cm³/mol. The van der Waals surface area contributed by atoms with Crippen LogP contribution in [0.1, 0.15) is 27.5 Å². The highest BCUT2D eigenvalue weighted by Gasteiger charge is 2.13. The lowest BCUT2D eigenvalue weighted by Gasteiger charge is -1.98. The summed E-state index contributed by atoms with van der Waals surface area (Å²) in [5.41, 5.74) is 1.45. The van der Waals surface area contributed by atoms with E-state index in [2.05, 4.69) is 11.4 Å². The zero-order valence-electron chi connectivity index (χ0n) is 11.5. The monoisotopic (exact) mass is 286 g/mol. The molecule has 102 valence electrons. The standard InChI is InChI=1S/C15H14N2O2S/c1-9-4-5-12(19-9)6-7-14(18)17-15-13(8-16)10(2)11(3)20-15/h4-7H,1-3H3,(H,17,18). The maximum Gasteiger partial charge on any atom is 0.249 e. The summed E-state index contributed by atoms with van der Waals surface area (Å²) in [4.78, 5) is 12.9. The molecular weight excluding hydrogens is 272 g/mol. The Balaban J connectivity index is 2.11. The maximum atomic E-state index is 11.8. The van der Waals surface area contributed by atoms with Crippen LogP contribution in [-0.4, -0.2) is 5.91 Å². The number of furan rings is 1. The zero-order chi connectivity index (χ0) is 14.7. The molecule has 0 saturated carbocycles. The quantitative estimate of drug-likeness (QED) is 0.873. The number of amides is 1. The second-order valence-corrected chi connectivity index (χ2v) is 5.59. The van der Waals surface area contributed by atoms with E-state index in [1.807, 2.05) is 26.8 Å². The molecule has 0 unspecified atom stereocenters. The zero-order valence-corrected chi connectivity index (χ0v) is 12.3. The first-order valence-electron chi connectivity index (χ1n) is 6.07. The molecule has 0 fully saturated rings. The fourth-order valence-electron chi connectivity index (χ4n) is 1.70. The van der Waals surface area contributed by atoms with Gasteiger partial charge in [-0.3, -0.25) is 4.79 Å². The second-order valence-electron chi connectivity index (χ2n) is 4.37. The van der Waals surface area contributed by atoms with Gasteiger partial charge in [-0.1, -0.05) is 0 Å². The van der Waals surface area contributed by atoms with Gasteiger partial charge in [0.05, 0.1) is 5.56 Å². The predicted octanol–water partition coefficient (Wildman–Crippen LogP) is 3.79. The first-order chi connectivity index (χ1) is 9.51. The van der Waals surface area contributed by atoms with Crippen LogP contribution in [0.5, 0.6) is 0 Å². The Morgan fingerprint density at radius 3 is 2.75 bits per heavy atom.